The van der Waals surface area contributed by atoms with Gasteiger partial charge >= 0.3 is 17.9 Å². The number of quaternary nitrogens is 1. The molecule has 2 atom stereocenters. The zero-order chi connectivity index (χ0) is 37.8. The number of rotatable bonds is 36. The highest BCUT2D eigenvalue weighted by Gasteiger charge is 2.31. The van der Waals surface area contributed by atoms with Crippen LogP contribution in [0.15, 0.2) is 36.5 Å². The van der Waals surface area contributed by atoms with Gasteiger partial charge in [0.2, 0.25) is 0 Å². The topological polar surface area (TPSA) is 99.1 Å². The monoisotopic (exact) mass is 721 g/mol. The Labute approximate surface area is 313 Å². The van der Waals surface area contributed by atoms with Crippen LogP contribution < -0.4 is 0 Å². The molecule has 0 amide bonds. The lowest BCUT2D eigenvalue weighted by atomic mass is 10.1. The molecule has 2 unspecified atom stereocenters. The first-order valence-electron chi connectivity index (χ1n) is 20.5. The molecule has 0 rings (SSSR count). The van der Waals surface area contributed by atoms with Gasteiger partial charge in [-0.3, -0.25) is 9.59 Å². The molecule has 8 heteroatoms. The van der Waals surface area contributed by atoms with Gasteiger partial charge < -0.3 is 23.8 Å². The molecule has 0 bridgehead atoms. The largest absolute Gasteiger partial charge is 0.477 e. The molecule has 296 valence electrons. The van der Waals surface area contributed by atoms with Crippen LogP contribution in [0.25, 0.3) is 0 Å². The van der Waals surface area contributed by atoms with E-state index in [2.05, 4.69) is 50.3 Å². The number of hydrogen-bond donors (Lipinski definition) is 1. The van der Waals surface area contributed by atoms with Gasteiger partial charge in [0.05, 0.1) is 34.4 Å². The Bertz CT molecular complexity index is 937. The second-order valence-corrected chi connectivity index (χ2v) is 14.9. The van der Waals surface area contributed by atoms with Gasteiger partial charge in [0.25, 0.3) is 0 Å². The summed E-state index contributed by atoms with van der Waals surface area (Å²) in [6.45, 7) is 4.63. The van der Waals surface area contributed by atoms with Crippen LogP contribution in [0, 0.1) is 0 Å². The molecule has 1 N–H and O–H groups in total. The van der Waals surface area contributed by atoms with E-state index < -0.39 is 18.1 Å². The number of nitrogens with zero attached hydrogens (tertiary/aromatic N) is 1. The highest BCUT2D eigenvalue weighted by molar-refractivity contribution is 5.72. The van der Waals surface area contributed by atoms with Crippen LogP contribution in [0.1, 0.15) is 168 Å². The number of carboxylic acid groups (broad SMARTS) is 1. The highest BCUT2D eigenvalue weighted by Crippen LogP contribution is 2.13. The maximum Gasteiger partial charge on any atom is 0.362 e. The molecular formula is C43H78NO7+. The summed E-state index contributed by atoms with van der Waals surface area (Å²) < 4.78 is 17.2. The summed E-state index contributed by atoms with van der Waals surface area (Å²) in [4.78, 5) is 36.8. The number of esters is 2. The van der Waals surface area contributed by atoms with E-state index in [0.29, 0.717) is 19.3 Å². The number of hydrogen-bond acceptors (Lipinski definition) is 6. The summed E-state index contributed by atoms with van der Waals surface area (Å²) in [6.07, 6.45) is 37.5. The van der Waals surface area contributed by atoms with Gasteiger partial charge in [-0.15, -0.1) is 0 Å². The number of allylic oxidation sites excluding steroid dienone is 6. The molecule has 51 heavy (non-hydrogen) atoms. The fourth-order valence-electron chi connectivity index (χ4n) is 5.77. The van der Waals surface area contributed by atoms with Crippen molar-refractivity contribution in [2.45, 2.75) is 180 Å². The molecule has 0 heterocycles. The predicted molar refractivity (Wildman–Crippen MR) is 211 cm³/mol. The van der Waals surface area contributed by atoms with Crippen molar-refractivity contribution in [1.82, 2.24) is 0 Å². The van der Waals surface area contributed by atoms with Crippen molar-refractivity contribution in [3.05, 3.63) is 36.5 Å². The molecule has 0 aromatic heterocycles. The Balaban J connectivity index is 4.42. The van der Waals surface area contributed by atoms with E-state index in [-0.39, 0.29) is 36.2 Å². The van der Waals surface area contributed by atoms with Gasteiger partial charge in [0, 0.05) is 19.3 Å². The molecule has 8 nitrogen and oxygen atoms in total. The van der Waals surface area contributed by atoms with E-state index in [1.807, 2.05) is 21.1 Å². The van der Waals surface area contributed by atoms with Gasteiger partial charge in [-0.25, -0.2) is 4.79 Å². The van der Waals surface area contributed by atoms with E-state index in [1.54, 1.807) is 0 Å². The van der Waals surface area contributed by atoms with Crippen molar-refractivity contribution in [2.24, 2.45) is 0 Å². The smallest absolute Gasteiger partial charge is 0.362 e. The molecular weight excluding hydrogens is 642 g/mol. The van der Waals surface area contributed by atoms with E-state index in [9.17, 15) is 19.5 Å². The zero-order valence-corrected chi connectivity index (χ0v) is 33.6. The zero-order valence-electron chi connectivity index (χ0n) is 33.6. The first-order valence-corrected chi connectivity index (χ1v) is 20.5. The highest BCUT2D eigenvalue weighted by atomic mass is 16.6. The first-order chi connectivity index (χ1) is 24.6. The van der Waals surface area contributed by atoms with Crippen molar-refractivity contribution >= 4 is 17.9 Å². The number of carboxylic acids is 1. The van der Waals surface area contributed by atoms with Gasteiger partial charge in [0.1, 0.15) is 6.61 Å². The SMILES string of the molecule is CCC/C=C\C/C=C\CCCCCCCC(=O)OC(COCCC(C(=O)O)[N+](C)(C)C)COC(=O)CCCCCCC/C=C\CCCCCCC. The third-order valence-corrected chi connectivity index (χ3v) is 8.99. The number of unbranched alkanes of at least 4 members (excludes halogenated alkanes) is 16. The Hall–Kier alpha value is -2.45. The Morgan fingerprint density at radius 3 is 1.61 bits per heavy atom. The Morgan fingerprint density at radius 2 is 1.08 bits per heavy atom. The summed E-state index contributed by atoms with van der Waals surface area (Å²) >= 11 is 0. The van der Waals surface area contributed by atoms with Crippen LogP contribution in [-0.2, 0) is 28.6 Å². The normalized spacial score (nSPS) is 13.4. The molecule has 0 aromatic rings. The number of carbonyl (C=O) groups is 3. The molecule has 0 aliphatic heterocycles. The minimum absolute atomic E-state index is 0.0533. The molecule has 0 radical (unpaired) electrons. The minimum Gasteiger partial charge on any atom is -0.477 e. The summed E-state index contributed by atoms with van der Waals surface area (Å²) in [6, 6.07) is -0.617. The van der Waals surface area contributed by atoms with E-state index in [0.717, 1.165) is 83.5 Å². The van der Waals surface area contributed by atoms with Crippen molar-refractivity contribution in [2.75, 3.05) is 41.0 Å². The molecule has 0 saturated heterocycles. The number of likely N-dealkylation sites (N-methyl/N-ethyl adjacent to an activating group) is 1. The quantitative estimate of drug-likeness (QED) is 0.0298. The fourth-order valence-corrected chi connectivity index (χ4v) is 5.77. The summed E-state index contributed by atoms with van der Waals surface area (Å²) in [7, 11) is 5.51. The fraction of sp³-hybridized carbons (Fsp3) is 0.791. The van der Waals surface area contributed by atoms with Gasteiger partial charge in [-0.1, -0.05) is 121 Å². The van der Waals surface area contributed by atoms with Crippen LogP contribution in [0.5, 0.6) is 0 Å². The predicted octanol–water partition coefficient (Wildman–Crippen LogP) is 10.7. The van der Waals surface area contributed by atoms with Crippen LogP contribution in [0.2, 0.25) is 0 Å². The Morgan fingerprint density at radius 1 is 0.588 bits per heavy atom. The van der Waals surface area contributed by atoms with Crippen LogP contribution in [-0.4, -0.2) is 80.6 Å². The molecule has 0 aliphatic rings. The minimum atomic E-state index is -0.880. The molecule has 0 aliphatic carbocycles. The lowest BCUT2D eigenvalue weighted by Gasteiger charge is -2.31. The first kappa shape index (κ1) is 48.5. The average Bonchev–Trinajstić information content (AvgIpc) is 3.08. The number of ether oxygens (including phenoxy) is 3. The van der Waals surface area contributed by atoms with E-state index >= 15 is 0 Å². The van der Waals surface area contributed by atoms with Crippen molar-refractivity contribution < 1.29 is 38.2 Å². The van der Waals surface area contributed by atoms with Gasteiger partial charge in [0.15, 0.2) is 12.1 Å². The second-order valence-electron chi connectivity index (χ2n) is 14.9. The van der Waals surface area contributed by atoms with Crippen molar-refractivity contribution in [3.63, 3.8) is 0 Å². The summed E-state index contributed by atoms with van der Waals surface area (Å²) in [5, 5.41) is 9.59. The average molecular weight is 721 g/mol. The van der Waals surface area contributed by atoms with Crippen molar-refractivity contribution in [3.8, 4) is 0 Å². The maximum absolute atomic E-state index is 12.7. The van der Waals surface area contributed by atoms with Crippen LogP contribution in [0.4, 0.5) is 0 Å². The lowest BCUT2D eigenvalue weighted by molar-refractivity contribution is -0.887. The summed E-state index contributed by atoms with van der Waals surface area (Å²) in [5.74, 6) is -1.50. The number of aliphatic carboxylic acids is 1. The molecule has 0 spiro atoms. The van der Waals surface area contributed by atoms with E-state index in [4.69, 9.17) is 14.2 Å². The molecule has 0 aromatic carbocycles. The van der Waals surface area contributed by atoms with Gasteiger partial charge in [-0.05, 0) is 64.2 Å². The molecule has 0 fully saturated rings. The third kappa shape index (κ3) is 33.2. The van der Waals surface area contributed by atoms with Gasteiger partial charge in [-0.2, -0.15) is 0 Å². The Kier molecular flexibility index (Phi) is 33.0. The summed E-state index contributed by atoms with van der Waals surface area (Å²) in [5.41, 5.74) is 0. The second kappa shape index (κ2) is 34.6. The van der Waals surface area contributed by atoms with Crippen LogP contribution >= 0.6 is 0 Å². The molecule has 0 saturated carbocycles. The lowest BCUT2D eigenvalue weighted by Crippen LogP contribution is -2.50. The van der Waals surface area contributed by atoms with Crippen LogP contribution in [0.3, 0.4) is 0 Å². The third-order valence-electron chi connectivity index (χ3n) is 8.99. The standard InChI is InChI=1S/C43H77NO7/c1-6-8-10-12-14-16-18-20-22-23-25-27-29-31-33-41(45)50-38-39(37-49-36-35-40(43(47)48)44(3,4)5)51-42(46)34-32-30-28-26-24-21-19-17-15-13-11-9-7-2/h11,13,17-20,39-40H,6-10,12,14-16,21-38H2,1-5H3/p+1/b13-11-,19-17-,20-18-. The maximum atomic E-state index is 12.7. The van der Waals surface area contributed by atoms with Crippen molar-refractivity contribution in [1.29, 1.82) is 0 Å². The van der Waals surface area contributed by atoms with E-state index in [1.165, 1.54) is 51.4 Å². The number of carbonyl (C=O) groups excluding carboxylic acids is 2.